The molecule has 1 saturated heterocycles. The van der Waals surface area contributed by atoms with E-state index in [1.165, 1.54) is 12.1 Å². The number of aromatic hydroxyl groups is 1. The van der Waals surface area contributed by atoms with Gasteiger partial charge in [-0.2, -0.15) is 0 Å². The van der Waals surface area contributed by atoms with E-state index in [0.29, 0.717) is 5.56 Å². The molecule has 1 amide bonds. The number of hydrogen-bond donors (Lipinski definition) is 2. The van der Waals surface area contributed by atoms with E-state index in [9.17, 15) is 18.7 Å². The van der Waals surface area contributed by atoms with Gasteiger partial charge < -0.3 is 24.6 Å². The zero-order valence-electron chi connectivity index (χ0n) is 19.3. The van der Waals surface area contributed by atoms with Crippen molar-refractivity contribution in [2.75, 3.05) is 22.3 Å². The standard InChI is InChI=1S/C23H29Cl2N3O5S/c1-23(2,3)33-22(30)26-14-16-18(27-10-5-4-6-11-27)8-7-9-19(16)28(34(31)32)20-13-15(24)12-17(25)21(20)29/h7-9,12-13,29H,4-6,10-11,14H2,1-3H3,(H,26,30)(H,31,32)/p-1. The molecule has 8 nitrogen and oxygen atoms in total. The SMILES string of the molecule is CC(C)(C)OC(=O)NCc1c(N2CCCCC2)cccc1N(c1cc(Cl)cc(Cl)c1O)S(=O)[O-]. The monoisotopic (exact) mass is 528 g/mol. The van der Waals surface area contributed by atoms with Crippen LogP contribution < -0.4 is 14.5 Å². The second-order valence-electron chi connectivity index (χ2n) is 8.94. The van der Waals surface area contributed by atoms with Crippen LogP contribution in [0.15, 0.2) is 30.3 Å². The number of halogens is 2. The van der Waals surface area contributed by atoms with Crippen LogP contribution in [0.5, 0.6) is 5.75 Å². The summed E-state index contributed by atoms with van der Waals surface area (Å²) in [5, 5.41) is 13.4. The van der Waals surface area contributed by atoms with Crippen LogP contribution in [-0.4, -0.2) is 38.7 Å². The molecule has 1 fully saturated rings. The van der Waals surface area contributed by atoms with Crippen LogP contribution in [0.25, 0.3) is 0 Å². The Labute approximate surface area is 212 Å². The number of phenols is 1. The number of anilines is 3. The number of carbonyl (C=O) groups excluding carboxylic acids is 1. The Morgan fingerprint density at radius 1 is 1.21 bits per heavy atom. The highest BCUT2D eigenvalue weighted by atomic mass is 35.5. The van der Waals surface area contributed by atoms with E-state index in [4.69, 9.17) is 27.9 Å². The summed E-state index contributed by atoms with van der Waals surface area (Å²) in [6.07, 6.45) is 2.50. The first-order chi connectivity index (χ1) is 16.0. The fourth-order valence-electron chi connectivity index (χ4n) is 3.84. The molecular weight excluding hydrogens is 501 g/mol. The second-order valence-corrected chi connectivity index (χ2v) is 10.6. The number of piperidine rings is 1. The van der Waals surface area contributed by atoms with Gasteiger partial charge in [0.25, 0.3) is 0 Å². The minimum absolute atomic E-state index is 0.000318. The lowest BCUT2D eigenvalue weighted by Gasteiger charge is -2.34. The predicted molar refractivity (Wildman–Crippen MR) is 135 cm³/mol. The summed E-state index contributed by atoms with van der Waals surface area (Å²) in [5.41, 5.74) is 0.804. The quantitative estimate of drug-likeness (QED) is 0.469. The summed E-state index contributed by atoms with van der Waals surface area (Å²) in [6, 6.07) is 7.86. The number of benzene rings is 2. The maximum atomic E-state index is 12.4. The lowest BCUT2D eigenvalue weighted by molar-refractivity contribution is 0.0523. The van der Waals surface area contributed by atoms with Crippen molar-refractivity contribution in [1.82, 2.24) is 5.32 Å². The minimum atomic E-state index is -2.84. The third kappa shape index (κ3) is 6.47. The van der Waals surface area contributed by atoms with Gasteiger partial charge in [-0.15, -0.1) is 0 Å². The molecule has 1 aliphatic rings. The van der Waals surface area contributed by atoms with Gasteiger partial charge >= 0.3 is 6.09 Å². The molecule has 34 heavy (non-hydrogen) atoms. The highest BCUT2D eigenvalue weighted by molar-refractivity contribution is 7.81. The average molecular weight is 529 g/mol. The molecule has 0 aliphatic carbocycles. The Morgan fingerprint density at radius 2 is 1.88 bits per heavy atom. The van der Waals surface area contributed by atoms with Crippen LogP contribution in [0.1, 0.15) is 45.6 Å². The molecule has 0 radical (unpaired) electrons. The molecule has 3 rings (SSSR count). The van der Waals surface area contributed by atoms with Crippen LogP contribution in [0.3, 0.4) is 0 Å². The van der Waals surface area contributed by atoms with Crippen molar-refractivity contribution in [3.05, 3.63) is 45.9 Å². The highest BCUT2D eigenvalue weighted by Crippen LogP contribution is 2.43. The maximum Gasteiger partial charge on any atom is 0.407 e. The Hall–Kier alpha value is -2.20. The van der Waals surface area contributed by atoms with Gasteiger partial charge in [0.2, 0.25) is 0 Å². The third-order valence-corrected chi connectivity index (χ3v) is 6.42. The molecule has 1 atom stereocenters. The number of rotatable bonds is 6. The zero-order valence-corrected chi connectivity index (χ0v) is 21.6. The molecule has 2 aromatic rings. The summed E-state index contributed by atoms with van der Waals surface area (Å²) < 4.78 is 31.2. The van der Waals surface area contributed by atoms with Crippen molar-refractivity contribution in [3.8, 4) is 5.75 Å². The molecule has 0 aromatic heterocycles. The third-order valence-electron chi connectivity index (χ3n) is 5.23. The van der Waals surface area contributed by atoms with E-state index >= 15 is 0 Å². The molecule has 186 valence electrons. The van der Waals surface area contributed by atoms with E-state index in [-0.39, 0.29) is 28.0 Å². The average Bonchev–Trinajstić information content (AvgIpc) is 2.75. The molecular formula is C23H28Cl2N3O5S-. The summed E-state index contributed by atoms with van der Waals surface area (Å²) in [5.74, 6) is -0.426. The fraction of sp³-hybridized carbons (Fsp3) is 0.435. The van der Waals surface area contributed by atoms with E-state index in [2.05, 4.69) is 10.2 Å². The first kappa shape index (κ1) is 26.4. The van der Waals surface area contributed by atoms with Crippen molar-refractivity contribution >= 4 is 57.6 Å². The number of carbonyl (C=O) groups is 1. The number of nitrogens with zero attached hydrogens (tertiary/aromatic N) is 2. The molecule has 1 unspecified atom stereocenters. The Morgan fingerprint density at radius 3 is 2.50 bits per heavy atom. The van der Waals surface area contributed by atoms with Crippen LogP contribution in [0.4, 0.5) is 21.9 Å². The normalized spacial score (nSPS) is 15.1. The van der Waals surface area contributed by atoms with Crippen LogP contribution in [0, 0.1) is 0 Å². The molecule has 2 aromatic carbocycles. The number of amides is 1. The molecule has 1 aliphatic heterocycles. The van der Waals surface area contributed by atoms with E-state index in [1.54, 1.807) is 32.9 Å². The van der Waals surface area contributed by atoms with Crippen molar-refractivity contribution in [3.63, 3.8) is 0 Å². The summed E-state index contributed by atoms with van der Waals surface area (Å²) in [6.45, 7) is 6.88. The van der Waals surface area contributed by atoms with Gasteiger partial charge in [0.1, 0.15) is 5.60 Å². The minimum Gasteiger partial charge on any atom is -0.755 e. The van der Waals surface area contributed by atoms with Crippen molar-refractivity contribution in [1.29, 1.82) is 0 Å². The van der Waals surface area contributed by atoms with Crippen LogP contribution >= 0.6 is 23.2 Å². The number of alkyl carbamates (subject to hydrolysis) is 1. The number of phenolic OH excluding ortho intramolecular Hbond substituents is 1. The Kier molecular flexibility index (Phi) is 8.57. The smallest absolute Gasteiger partial charge is 0.407 e. The van der Waals surface area contributed by atoms with Gasteiger partial charge in [0, 0.05) is 29.4 Å². The number of hydrogen-bond acceptors (Lipinski definition) is 6. The Balaban J connectivity index is 2.11. The largest absolute Gasteiger partial charge is 0.755 e. The Bertz CT molecular complexity index is 1070. The topological polar surface area (TPSA) is 105 Å². The van der Waals surface area contributed by atoms with E-state index in [0.717, 1.165) is 42.3 Å². The van der Waals surface area contributed by atoms with Gasteiger partial charge in [-0.05, 0) is 64.3 Å². The van der Waals surface area contributed by atoms with Crippen molar-refractivity contribution < 1.29 is 23.4 Å². The van der Waals surface area contributed by atoms with Gasteiger partial charge in [-0.25, -0.2) is 4.79 Å². The van der Waals surface area contributed by atoms with Gasteiger partial charge in [-0.1, -0.05) is 29.3 Å². The number of ether oxygens (including phenoxy) is 1. The fourth-order valence-corrected chi connectivity index (χ4v) is 4.95. The second kappa shape index (κ2) is 11.0. The maximum absolute atomic E-state index is 12.4. The van der Waals surface area contributed by atoms with E-state index in [1.807, 2.05) is 6.07 Å². The lowest BCUT2D eigenvalue weighted by atomic mass is 10.0. The van der Waals surface area contributed by atoms with Crippen molar-refractivity contribution in [2.24, 2.45) is 0 Å². The van der Waals surface area contributed by atoms with Gasteiger partial charge in [-0.3, -0.25) is 8.51 Å². The molecule has 0 spiro atoms. The molecule has 0 bridgehead atoms. The molecule has 0 saturated carbocycles. The molecule has 1 heterocycles. The first-order valence-corrected chi connectivity index (χ1v) is 12.7. The number of nitrogens with one attached hydrogen (secondary N) is 1. The summed E-state index contributed by atoms with van der Waals surface area (Å²) in [7, 11) is 0. The summed E-state index contributed by atoms with van der Waals surface area (Å²) in [4.78, 5) is 14.6. The zero-order chi connectivity index (χ0) is 25.0. The summed E-state index contributed by atoms with van der Waals surface area (Å²) >= 11 is 9.34. The molecule has 2 N–H and O–H groups in total. The van der Waals surface area contributed by atoms with Crippen LogP contribution in [-0.2, 0) is 22.5 Å². The highest BCUT2D eigenvalue weighted by Gasteiger charge is 2.25. The van der Waals surface area contributed by atoms with E-state index < -0.39 is 28.7 Å². The van der Waals surface area contributed by atoms with Gasteiger partial charge in [0.05, 0.1) is 34.2 Å². The van der Waals surface area contributed by atoms with Gasteiger partial charge in [0.15, 0.2) is 5.75 Å². The first-order valence-electron chi connectivity index (χ1n) is 10.9. The molecule has 11 heteroatoms. The predicted octanol–water partition coefficient (Wildman–Crippen LogP) is 5.65. The van der Waals surface area contributed by atoms with Crippen LogP contribution in [0.2, 0.25) is 10.0 Å². The van der Waals surface area contributed by atoms with Crippen molar-refractivity contribution in [2.45, 2.75) is 52.2 Å². The lowest BCUT2D eigenvalue weighted by Crippen LogP contribution is -2.35.